The highest BCUT2D eigenvalue weighted by Crippen LogP contribution is 2.24. The normalized spacial score (nSPS) is 14.1. The maximum Gasteiger partial charge on any atom is 0.573 e. The van der Waals surface area contributed by atoms with E-state index in [0.717, 1.165) is 24.3 Å². The summed E-state index contributed by atoms with van der Waals surface area (Å²) in [5.74, 6) is -0.561. The van der Waals surface area contributed by atoms with Gasteiger partial charge < -0.3 is 15.2 Å². The van der Waals surface area contributed by atoms with Gasteiger partial charge in [0.1, 0.15) is 5.75 Å². The quantitative estimate of drug-likeness (QED) is 0.640. The first-order valence-electron chi connectivity index (χ1n) is 7.90. The minimum Gasteiger partial charge on any atom is -0.465 e. The van der Waals surface area contributed by atoms with E-state index < -0.39 is 40.3 Å². The molecule has 0 aliphatic carbocycles. The maximum absolute atomic E-state index is 12.5. The van der Waals surface area contributed by atoms with Gasteiger partial charge in [0.05, 0.1) is 10.9 Å². The summed E-state index contributed by atoms with van der Waals surface area (Å²) in [5, 5.41) is 11.3. The highest BCUT2D eigenvalue weighted by molar-refractivity contribution is 7.89. The smallest absolute Gasteiger partial charge is 0.465 e. The highest BCUT2D eigenvalue weighted by Gasteiger charge is 2.31. The fourth-order valence-corrected chi connectivity index (χ4v) is 3.75. The molecule has 2 aromatic rings. The van der Waals surface area contributed by atoms with Gasteiger partial charge in [0, 0.05) is 6.04 Å². The molecule has 0 radical (unpaired) electrons. The number of carbonyl (C=O) groups is 1. The van der Waals surface area contributed by atoms with Crippen molar-refractivity contribution in [3.8, 4) is 5.75 Å². The van der Waals surface area contributed by atoms with E-state index in [1.807, 2.05) is 0 Å². The molecule has 7 nitrogen and oxygen atoms in total. The fourth-order valence-electron chi connectivity index (χ4n) is 2.49. The Morgan fingerprint density at radius 1 is 1.07 bits per heavy atom. The lowest BCUT2D eigenvalue weighted by Gasteiger charge is -2.25. The zero-order valence-corrected chi connectivity index (χ0v) is 15.3. The van der Waals surface area contributed by atoms with Crippen LogP contribution in [0.15, 0.2) is 59.5 Å². The Balaban J connectivity index is 2.20. The summed E-state index contributed by atoms with van der Waals surface area (Å²) >= 11 is 0. The van der Waals surface area contributed by atoms with E-state index in [4.69, 9.17) is 5.11 Å². The maximum atomic E-state index is 12.5. The van der Waals surface area contributed by atoms with Crippen molar-refractivity contribution in [3.63, 3.8) is 0 Å². The molecule has 0 saturated carbocycles. The summed E-state index contributed by atoms with van der Waals surface area (Å²) in [7, 11) is -4.13. The van der Waals surface area contributed by atoms with Gasteiger partial charge in [-0.3, -0.25) is 0 Å². The van der Waals surface area contributed by atoms with E-state index in [2.05, 4.69) is 14.8 Å². The van der Waals surface area contributed by atoms with Gasteiger partial charge in [0.15, 0.2) is 0 Å². The van der Waals surface area contributed by atoms with Gasteiger partial charge in [-0.25, -0.2) is 17.9 Å². The summed E-state index contributed by atoms with van der Waals surface area (Å²) < 4.78 is 67.6. The van der Waals surface area contributed by atoms with E-state index >= 15 is 0 Å². The molecule has 3 N–H and O–H groups in total. The van der Waals surface area contributed by atoms with Gasteiger partial charge in [0.2, 0.25) is 10.0 Å². The van der Waals surface area contributed by atoms with Gasteiger partial charge in [-0.1, -0.05) is 30.3 Å². The number of benzene rings is 2. The van der Waals surface area contributed by atoms with Crippen molar-refractivity contribution in [1.29, 1.82) is 0 Å². The van der Waals surface area contributed by atoms with Crippen LogP contribution in [0.1, 0.15) is 18.5 Å². The van der Waals surface area contributed by atoms with Crippen LogP contribution in [-0.4, -0.2) is 32.0 Å². The third-order valence-electron chi connectivity index (χ3n) is 3.65. The van der Waals surface area contributed by atoms with Crippen LogP contribution >= 0.6 is 0 Å². The van der Waals surface area contributed by atoms with Crippen LogP contribution in [0.4, 0.5) is 18.0 Å². The number of halogens is 3. The number of hydrogen-bond donors (Lipinski definition) is 3. The first-order chi connectivity index (χ1) is 13.0. The van der Waals surface area contributed by atoms with Crippen LogP contribution in [0, 0.1) is 0 Å². The summed E-state index contributed by atoms with van der Waals surface area (Å²) in [6, 6.07) is 10.2. The van der Waals surface area contributed by atoms with Crippen molar-refractivity contribution in [1.82, 2.24) is 10.0 Å². The lowest BCUT2D eigenvalue weighted by atomic mass is 10.0. The number of ether oxygens (including phenoxy) is 1. The van der Waals surface area contributed by atoms with Crippen molar-refractivity contribution in [3.05, 3.63) is 60.2 Å². The van der Waals surface area contributed by atoms with Crippen molar-refractivity contribution in [2.75, 3.05) is 0 Å². The van der Waals surface area contributed by atoms with E-state index in [1.165, 1.54) is 6.92 Å². The second-order valence-electron chi connectivity index (χ2n) is 5.77. The Hall–Kier alpha value is -2.79. The van der Waals surface area contributed by atoms with Crippen LogP contribution in [0.3, 0.4) is 0 Å². The first-order valence-corrected chi connectivity index (χ1v) is 9.39. The molecule has 152 valence electrons. The van der Waals surface area contributed by atoms with Crippen LogP contribution in [-0.2, 0) is 10.0 Å². The van der Waals surface area contributed by atoms with Crippen LogP contribution in [0.2, 0.25) is 0 Å². The SMILES string of the molecule is CC(NS(=O)(=O)c1ccc(OC(F)(F)F)cc1)C(NC(=O)O)c1ccccc1. The number of alkyl halides is 3. The van der Waals surface area contributed by atoms with E-state index in [9.17, 15) is 26.4 Å². The second kappa shape index (κ2) is 8.48. The van der Waals surface area contributed by atoms with Crippen LogP contribution in [0.25, 0.3) is 0 Å². The summed E-state index contributed by atoms with van der Waals surface area (Å²) in [6.07, 6.45) is -6.23. The third kappa shape index (κ3) is 6.13. The summed E-state index contributed by atoms with van der Waals surface area (Å²) in [4.78, 5) is 10.8. The third-order valence-corrected chi connectivity index (χ3v) is 5.22. The van der Waals surface area contributed by atoms with Crippen molar-refractivity contribution < 1.29 is 36.2 Å². The number of hydrogen-bond acceptors (Lipinski definition) is 4. The minimum atomic E-state index is -4.89. The topological polar surface area (TPSA) is 105 Å². The summed E-state index contributed by atoms with van der Waals surface area (Å²) in [6.45, 7) is 1.46. The number of rotatable bonds is 7. The first kappa shape index (κ1) is 21.5. The standard InChI is InChI=1S/C17H17F3N2O5S/c1-11(15(21-16(23)24)12-5-3-2-4-6-12)22-28(25,26)14-9-7-13(8-10-14)27-17(18,19)20/h2-11,15,21-22H,1H3,(H,23,24). The minimum absolute atomic E-state index is 0.295. The lowest BCUT2D eigenvalue weighted by Crippen LogP contribution is -2.44. The predicted octanol–water partition coefficient (Wildman–Crippen LogP) is 3.26. The molecule has 0 fully saturated rings. The number of sulfonamides is 1. The van der Waals surface area contributed by atoms with Crippen LogP contribution < -0.4 is 14.8 Å². The Kier molecular flexibility index (Phi) is 6.52. The zero-order valence-electron chi connectivity index (χ0n) is 14.5. The Labute approximate surface area is 159 Å². The Morgan fingerprint density at radius 2 is 1.64 bits per heavy atom. The van der Waals surface area contributed by atoms with Crippen molar-refractivity contribution in [2.45, 2.75) is 30.3 Å². The molecular weight excluding hydrogens is 401 g/mol. The largest absolute Gasteiger partial charge is 0.573 e. The van der Waals surface area contributed by atoms with E-state index in [1.54, 1.807) is 30.3 Å². The van der Waals surface area contributed by atoms with Crippen molar-refractivity contribution >= 4 is 16.1 Å². The molecule has 0 aromatic heterocycles. The molecule has 2 aromatic carbocycles. The number of nitrogens with one attached hydrogen (secondary N) is 2. The monoisotopic (exact) mass is 418 g/mol. The molecule has 28 heavy (non-hydrogen) atoms. The Morgan fingerprint density at radius 3 is 2.14 bits per heavy atom. The number of carboxylic acid groups (broad SMARTS) is 1. The Bertz CT molecular complexity index is 903. The lowest BCUT2D eigenvalue weighted by molar-refractivity contribution is -0.274. The van der Waals surface area contributed by atoms with Gasteiger partial charge in [-0.15, -0.1) is 13.2 Å². The molecule has 1 amide bonds. The average Bonchev–Trinajstić information content (AvgIpc) is 2.59. The molecule has 0 aliphatic heterocycles. The molecule has 0 heterocycles. The molecule has 0 bridgehead atoms. The highest BCUT2D eigenvalue weighted by atomic mass is 32.2. The molecular formula is C17H17F3N2O5S. The predicted molar refractivity (Wildman–Crippen MR) is 93.3 cm³/mol. The molecule has 0 saturated heterocycles. The molecule has 0 spiro atoms. The zero-order chi connectivity index (χ0) is 20.9. The van der Waals surface area contributed by atoms with Crippen molar-refractivity contribution in [2.24, 2.45) is 0 Å². The van der Waals surface area contributed by atoms with Gasteiger partial charge in [0.25, 0.3) is 0 Å². The summed E-state index contributed by atoms with van der Waals surface area (Å²) in [5.41, 5.74) is 0.536. The molecule has 11 heteroatoms. The molecule has 2 rings (SSSR count). The fraction of sp³-hybridized carbons (Fsp3) is 0.235. The average molecular weight is 418 g/mol. The van der Waals surface area contributed by atoms with Gasteiger partial charge in [-0.05, 0) is 36.8 Å². The molecule has 2 atom stereocenters. The van der Waals surface area contributed by atoms with E-state index in [0.29, 0.717) is 5.56 Å². The van der Waals surface area contributed by atoms with Crippen LogP contribution in [0.5, 0.6) is 5.75 Å². The number of amides is 1. The van der Waals surface area contributed by atoms with E-state index in [-0.39, 0.29) is 4.90 Å². The molecule has 2 unspecified atom stereocenters. The second-order valence-corrected chi connectivity index (χ2v) is 7.48. The van der Waals surface area contributed by atoms with Gasteiger partial charge in [-0.2, -0.15) is 0 Å². The van der Waals surface area contributed by atoms with Gasteiger partial charge >= 0.3 is 12.5 Å². The molecule has 0 aliphatic rings.